The number of aliphatic hydroxyl groups excluding tert-OH is 1. The van der Waals surface area contributed by atoms with E-state index in [9.17, 15) is 9.90 Å². The highest BCUT2D eigenvalue weighted by Crippen LogP contribution is 2.37. The standard InChI is InChI=1S/C35H41N3O5/c1-2-3-4-8-15-34(40)43-35(32-26-36-30-13-9-10-14-31(30)37-32)21-24-38(25-22-35)23-20-33(39)42-29-18-16-28(17-19-29)41-27-11-6-5-7-12-27/h5-7,9-14,16-19,26,33,39H,2-4,8,15,20-25H2,1H3. The van der Waals surface area contributed by atoms with Crippen molar-refractivity contribution in [3.8, 4) is 17.2 Å². The summed E-state index contributed by atoms with van der Waals surface area (Å²) in [6.45, 7) is 4.22. The van der Waals surface area contributed by atoms with E-state index < -0.39 is 11.9 Å². The fourth-order valence-corrected chi connectivity index (χ4v) is 5.41. The van der Waals surface area contributed by atoms with Crippen LogP contribution in [0.5, 0.6) is 17.2 Å². The molecule has 0 aliphatic carbocycles. The molecule has 0 spiro atoms. The minimum Gasteiger partial charge on any atom is -0.465 e. The summed E-state index contributed by atoms with van der Waals surface area (Å²) < 4.78 is 17.8. The van der Waals surface area contributed by atoms with Crippen molar-refractivity contribution >= 4 is 17.0 Å². The Morgan fingerprint density at radius 1 is 0.884 bits per heavy atom. The molecule has 0 amide bonds. The summed E-state index contributed by atoms with van der Waals surface area (Å²) in [4.78, 5) is 24.7. The van der Waals surface area contributed by atoms with Crippen LogP contribution in [0.4, 0.5) is 0 Å². The van der Waals surface area contributed by atoms with Gasteiger partial charge in [-0.3, -0.25) is 9.78 Å². The Morgan fingerprint density at radius 3 is 2.30 bits per heavy atom. The third-order valence-corrected chi connectivity index (χ3v) is 7.89. The molecule has 4 aromatic rings. The van der Waals surface area contributed by atoms with Gasteiger partial charge in [-0.2, -0.15) is 0 Å². The molecule has 1 saturated heterocycles. The first-order valence-electron chi connectivity index (χ1n) is 15.4. The summed E-state index contributed by atoms with van der Waals surface area (Å²) in [5.74, 6) is 1.86. The predicted octanol–water partition coefficient (Wildman–Crippen LogP) is 7.01. The normalized spacial score (nSPS) is 15.6. The lowest BCUT2D eigenvalue weighted by Gasteiger charge is -2.40. The quantitative estimate of drug-likeness (QED) is 0.0962. The van der Waals surface area contributed by atoms with Gasteiger partial charge in [-0.15, -0.1) is 0 Å². The van der Waals surface area contributed by atoms with Crippen LogP contribution in [0.15, 0.2) is 85.1 Å². The van der Waals surface area contributed by atoms with Crippen molar-refractivity contribution < 1.29 is 24.1 Å². The van der Waals surface area contributed by atoms with Gasteiger partial charge in [-0.25, -0.2) is 4.98 Å². The molecule has 3 aromatic carbocycles. The van der Waals surface area contributed by atoms with E-state index >= 15 is 0 Å². The van der Waals surface area contributed by atoms with Gasteiger partial charge in [0, 0.05) is 45.3 Å². The number of carbonyl (C=O) groups is 1. The zero-order chi connectivity index (χ0) is 29.9. The Morgan fingerprint density at radius 2 is 1.56 bits per heavy atom. The van der Waals surface area contributed by atoms with Gasteiger partial charge < -0.3 is 24.2 Å². The van der Waals surface area contributed by atoms with Crippen molar-refractivity contribution in [1.29, 1.82) is 0 Å². The van der Waals surface area contributed by atoms with Gasteiger partial charge in [0.2, 0.25) is 0 Å². The van der Waals surface area contributed by atoms with Crippen molar-refractivity contribution in [1.82, 2.24) is 14.9 Å². The monoisotopic (exact) mass is 583 g/mol. The average Bonchev–Trinajstić information content (AvgIpc) is 3.04. The lowest BCUT2D eigenvalue weighted by molar-refractivity contribution is -0.168. The molecule has 0 radical (unpaired) electrons. The number of hydrogen-bond acceptors (Lipinski definition) is 8. The number of piperidine rings is 1. The van der Waals surface area contributed by atoms with Gasteiger partial charge in [0.15, 0.2) is 11.9 Å². The van der Waals surface area contributed by atoms with Gasteiger partial charge >= 0.3 is 5.97 Å². The summed E-state index contributed by atoms with van der Waals surface area (Å²) in [6, 6.07) is 24.5. The molecule has 43 heavy (non-hydrogen) atoms. The van der Waals surface area contributed by atoms with E-state index in [1.54, 1.807) is 18.3 Å². The molecule has 0 saturated carbocycles. The second-order valence-corrected chi connectivity index (χ2v) is 11.1. The first-order chi connectivity index (χ1) is 21.0. The Hall–Kier alpha value is -4.01. The highest BCUT2D eigenvalue weighted by atomic mass is 16.6. The van der Waals surface area contributed by atoms with E-state index in [1.165, 1.54) is 0 Å². The maximum atomic E-state index is 13.0. The third-order valence-electron chi connectivity index (χ3n) is 7.89. The predicted molar refractivity (Wildman–Crippen MR) is 166 cm³/mol. The SMILES string of the molecule is CCCCCCC(=O)OC1(c2cnc3ccccc3n2)CCN(CCC(O)Oc2ccc(Oc3ccccc3)cc2)CC1. The largest absolute Gasteiger partial charge is 0.465 e. The molecule has 1 fully saturated rings. The zero-order valence-electron chi connectivity index (χ0n) is 24.9. The lowest BCUT2D eigenvalue weighted by Crippen LogP contribution is -2.46. The summed E-state index contributed by atoms with van der Waals surface area (Å²) in [7, 11) is 0. The molecule has 0 bridgehead atoms. The molecule has 1 aliphatic rings. The molecule has 8 heteroatoms. The maximum absolute atomic E-state index is 13.0. The second kappa shape index (κ2) is 14.9. The number of rotatable bonds is 14. The first kappa shape index (κ1) is 30.4. The van der Waals surface area contributed by atoms with Gasteiger partial charge in [0.1, 0.15) is 22.9 Å². The molecule has 1 N–H and O–H groups in total. The van der Waals surface area contributed by atoms with Gasteiger partial charge in [0.05, 0.1) is 17.2 Å². The molecule has 1 unspecified atom stereocenters. The third kappa shape index (κ3) is 8.52. The Labute approximate surface area is 253 Å². The van der Waals surface area contributed by atoms with Crippen LogP contribution in [0.1, 0.15) is 64.0 Å². The molecule has 1 atom stereocenters. The number of aromatic nitrogens is 2. The number of aliphatic hydroxyl groups is 1. The number of esters is 1. The Kier molecular flexibility index (Phi) is 10.6. The molecular formula is C35H41N3O5. The van der Waals surface area contributed by atoms with Crippen LogP contribution in [0, 0.1) is 0 Å². The van der Waals surface area contributed by atoms with E-state index in [-0.39, 0.29) is 5.97 Å². The molecule has 2 heterocycles. The first-order valence-corrected chi connectivity index (χ1v) is 15.4. The Bertz CT molecular complexity index is 1440. The zero-order valence-corrected chi connectivity index (χ0v) is 24.9. The van der Waals surface area contributed by atoms with Crippen molar-refractivity contribution in [2.75, 3.05) is 19.6 Å². The smallest absolute Gasteiger partial charge is 0.306 e. The molecule has 1 aromatic heterocycles. The summed E-state index contributed by atoms with van der Waals surface area (Å²) in [5.41, 5.74) is 1.50. The van der Waals surface area contributed by atoms with Crippen LogP contribution in [-0.2, 0) is 15.1 Å². The molecule has 1 aliphatic heterocycles. The minimum atomic E-state index is -0.945. The highest BCUT2D eigenvalue weighted by Gasteiger charge is 2.41. The van der Waals surface area contributed by atoms with Crippen LogP contribution in [0.3, 0.4) is 0 Å². The van der Waals surface area contributed by atoms with E-state index in [2.05, 4.69) is 16.8 Å². The topological polar surface area (TPSA) is 94.0 Å². The highest BCUT2D eigenvalue weighted by molar-refractivity contribution is 5.74. The van der Waals surface area contributed by atoms with Gasteiger partial charge in [-0.05, 0) is 55.0 Å². The average molecular weight is 584 g/mol. The molecule has 8 nitrogen and oxygen atoms in total. The van der Waals surface area contributed by atoms with Crippen LogP contribution >= 0.6 is 0 Å². The van der Waals surface area contributed by atoms with E-state index in [4.69, 9.17) is 19.2 Å². The number of fused-ring (bicyclic) bond motifs is 1. The molecule has 226 valence electrons. The fourth-order valence-electron chi connectivity index (χ4n) is 5.41. The molecular weight excluding hydrogens is 542 g/mol. The number of para-hydroxylation sites is 3. The van der Waals surface area contributed by atoms with Crippen LogP contribution in [0.25, 0.3) is 11.0 Å². The fraction of sp³-hybridized carbons (Fsp3) is 0.400. The van der Waals surface area contributed by atoms with Crippen LogP contribution in [0.2, 0.25) is 0 Å². The second-order valence-electron chi connectivity index (χ2n) is 11.1. The molecule has 5 rings (SSSR count). The van der Waals surface area contributed by atoms with Crippen molar-refractivity contribution in [3.63, 3.8) is 0 Å². The summed E-state index contributed by atoms with van der Waals surface area (Å²) in [5, 5.41) is 10.6. The minimum absolute atomic E-state index is 0.177. The van der Waals surface area contributed by atoms with Crippen LogP contribution in [-0.4, -0.2) is 51.9 Å². The number of carbonyl (C=O) groups excluding carboxylic acids is 1. The summed E-state index contributed by atoms with van der Waals surface area (Å²) in [6.07, 6.45) is 7.00. The van der Waals surface area contributed by atoms with E-state index in [1.807, 2.05) is 66.7 Å². The number of unbranched alkanes of at least 4 members (excludes halogenated alkanes) is 3. The van der Waals surface area contributed by atoms with Crippen molar-refractivity contribution in [2.24, 2.45) is 0 Å². The van der Waals surface area contributed by atoms with Crippen molar-refractivity contribution in [3.05, 3.63) is 90.8 Å². The van der Waals surface area contributed by atoms with Gasteiger partial charge in [0.25, 0.3) is 0 Å². The maximum Gasteiger partial charge on any atom is 0.306 e. The number of ether oxygens (including phenoxy) is 3. The summed E-state index contributed by atoms with van der Waals surface area (Å²) >= 11 is 0. The van der Waals surface area contributed by atoms with E-state index in [0.29, 0.717) is 62.5 Å². The number of hydrogen-bond donors (Lipinski definition) is 1. The van der Waals surface area contributed by atoms with Crippen molar-refractivity contribution in [2.45, 2.75) is 70.2 Å². The lowest BCUT2D eigenvalue weighted by atomic mass is 9.87. The number of likely N-dealkylation sites (tertiary alicyclic amines) is 1. The number of benzene rings is 3. The van der Waals surface area contributed by atoms with Gasteiger partial charge in [-0.1, -0.05) is 56.5 Å². The Balaban J connectivity index is 1.15. The number of nitrogens with zero attached hydrogens (tertiary/aromatic N) is 3. The van der Waals surface area contributed by atoms with E-state index in [0.717, 1.165) is 42.5 Å². The van der Waals surface area contributed by atoms with Crippen LogP contribution < -0.4 is 9.47 Å².